The van der Waals surface area contributed by atoms with E-state index in [9.17, 15) is 0 Å². The molecule has 1 aromatic heterocycles. The predicted molar refractivity (Wildman–Crippen MR) is 83.0 cm³/mol. The number of ether oxygens (including phenoxy) is 1. The number of hydrogen-bond donors (Lipinski definition) is 1. The Bertz CT molecular complexity index is 408. The van der Waals surface area contributed by atoms with Gasteiger partial charge in [0.15, 0.2) is 0 Å². The Labute approximate surface area is 122 Å². The summed E-state index contributed by atoms with van der Waals surface area (Å²) in [5.74, 6) is 0.669. The molecule has 1 aliphatic heterocycles. The zero-order valence-corrected chi connectivity index (χ0v) is 12.9. The fourth-order valence-corrected chi connectivity index (χ4v) is 2.71. The van der Waals surface area contributed by atoms with Gasteiger partial charge < -0.3 is 15.0 Å². The lowest BCUT2D eigenvalue weighted by Gasteiger charge is -2.34. The van der Waals surface area contributed by atoms with Crippen molar-refractivity contribution in [2.24, 2.45) is 5.92 Å². The average molecular weight is 277 g/mol. The van der Waals surface area contributed by atoms with Crippen LogP contribution in [-0.2, 0) is 11.3 Å². The highest BCUT2D eigenvalue weighted by atomic mass is 16.5. The summed E-state index contributed by atoms with van der Waals surface area (Å²) in [7, 11) is 1.81. The van der Waals surface area contributed by atoms with Crippen LogP contribution in [0.4, 0.5) is 5.69 Å². The first kappa shape index (κ1) is 15.3. The van der Waals surface area contributed by atoms with Crippen LogP contribution in [0.25, 0.3) is 0 Å². The van der Waals surface area contributed by atoms with Gasteiger partial charge in [0.2, 0.25) is 0 Å². The molecule has 1 unspecified atom stereocenters. The Morgan fingerprint density at radius 2 is 2.35 bits per heavy atom. The van der Waals surface area contributed by atoms with Crippen LogP contribution in [0, 0.1) is 5.92 Å². The molecule has 20 heavy (non-hydrogen) atoms. The van der Waals surface area contributed by atoms with Gasteiger partial charge in [0, 0.05) is 50.4 Å². The SMILES string of the molecule is COC1CCCN(c2ccncc2CNCC(C)C)C1. The van der Waals surface area contributed by atoms with E-state index >= 15 is 0 Å². The number of piperidine rings is 1. The van der Waals surface area contributed by atoms with E-state index in [1.54, 1.807) is 0 Å². The molecule has 0 amide bonds. The number of methoxy groups -OCH3 is 1. The van der Waals surface area contributed by atoms with E-state index in [0.717, 1.165) is 26.2 Å². The zero-order valence-electron chi connectivity index (χ0n) is 12.9. The van der Waals surface area contributed by atoms with Crippen molar-refractivity contribution in [1.29, 1.82) is 0 Å². The summed E-state index contributed by atoms with van der Waals surface area (Å²) in [6, 6.07) is 2.13. The summed E-state index contributed by atoms with van der Waals surface area (Å²) in [6.07, 6.45) is 6.59. The summed E-state index contributed by atoms with van der Waals surface area (Å²) < 4.78 is 5.52. The third kappa shape index (κ3) is 4.18. The third-order valence-electron chi connectivity index (χ3n) is 3.80. The lowest BCUT2D eigenvalue weighted by molar-refractivity contribution is 0.0893. The maximum atomic E-state index is 5.52. The van der Waals surface area contributed by atoms with Crippen LogP contribution >= 0.6 is 0 Å². The van der Waals surface area contributed by atoms with Crippen molar-refractivity contribution in [3.63, 3.8) is 0 Å². The van der Waals surface area contributed by atoms with Crippen LogP contribution in [0.3, 0.4) is 0 Å². The van der Waals surface area contributed by atoms with Crippen molar-refractivity contribution in [2.75, 3.05) is 31.6 Å². The standard InChI is InChI=1S/C16H27N3O/c1-13(2)9-18-11-14-10-17-7-6-16(14)19-8-4-5-15(12-19)20-3/h6-7,10,13,15,18H,4-5,8-9,11-12H2,1-3H3. The highest BCUT2D eigenvalue weighted by molar-refractivity contribution is 5.52. The van der Waals surface area contributed by atoms with E-state index in [1.807, 2.05) is 19.5 Å². The van der Waals surface area contributed by atoms with E-state index < -0.39 is 0 Å². The molecule has 1 aliphatic rings. The second kappa shape index (κ2) is 7.60. The molecule has 2 heterocycles. The molecule has 2 rings (SSSR count). The van der Waals surface area contributed by atoms with E-state index in [4.69, 9.17) is 4.74 Å². The summed E-state index contributed by atoms with van der Waals surface area (Å²) in [4.78, 5) is 6.72. The largest absolute Gasteiger partial charge is 0.380 e. The van der Waals surface area contributed by atoms with Crippen LogP contribution in [0.1, 0.15) is 32.3 Å². The molecular weight excluding hydrogens is 250 g/mol. The summed E-state index contributed by atoms with van der Waals surface area (Å²) in [5, 5.41) is 3.51. The van der Waals surface area contributed by atoms with Crippen molar-refractivity contribution in [3.05, 3.63) is 24.0 Å². The number of nitrogens with zero attached hydrogens (tertiary/aromatic N) is 2. The highest BCUT2D eigenvalue weighted by Gasteiger charge is 2.21. The summed E-state index contributed by atoms with van der Waals surface area (Å²) in [5.41, 5.74) is 2.59. The van der Waals surface area contributed by atoms with Gasteiger partial charge >= 0.3 is 0 Å². The van der Waals surface area contributed by atoms with E-state index in [1.165, 1.54) is 24.1 Å². The minimum atomic E-state index is 0.355. The van der Waals surface area contributed by atoms with Gasteiger partial charge in [-0.1, -0.05) is 13.8 Å². The smallest absolute Gasteiger partial charge is 0.0746 e. The molecule has 1 saturated heterocycles. The molecule has 1 N–H and O–H groups in total. The Kier molecular flexibility index (Phi) is 5.80. The van der Waals surface area contributed by atoms with Crippen LogP contribution < -0.4 is 10.2 Å². The third-order valence-corrected chi connectivity index (χ3v) is 3.80. The van der Waals surface area contributed by atoms with Gasteiger partial charge in [-0.25, -0.2) is 0 Å². The lowest BCUT2D eigenvalue weighted by atomic mass is 10.1. The van der Waals surface area contributed by atoms with Gasteiger partial charge in [-0.2, -0.15) is 0 Å². The molecule has 0 aliphatic carbocycles. The number of anilines is 1. The zero-order chi connectivity index (χ0) is 14.4. The van der Waals surface area contributed by atoms with Crippen molar-refractivity contribution >= 4 is 5.69 Å². The molecule has 4 heteroatoms. The molecule has 0 saturated carbocycles. The van der Waals surface area contributed by atoms with Crippen molar-refractivity contribution in [2.45, 2.75) is 39.3 Å². The van der Waals surface area contributed by atoms with Gasteiger partial charge in [-0.05, 0) is 31.4 Å². The average Bonchev–Trinajstić information content (AvgIpc) is 2.47. The molecule has 0 spiro atoms. The minimum Gasteiger partial charge on any atom is -0.380 e. The molecule has 4 nitrogen and oxygen atoms in total. The van der Waals surface area contributed by atoms with Gasteiger partial charge in [0.05, 0.1) is 6.10 Å². The number of rotatable bonds is 6. The van der Waals surface area contributed by atoms with Crippen molar-refractivity contribution in [1.82, 2.24) is 10.3 Å². The molecule has 1 aromatic rings. The number of pyridine rings is 1. The first-order valence-corrected chi connectivity index (χ1v) is 7.62. The summed E-state index contributed by atoms with van der Waals surface area (Å²) >= 11 is 0. The quantitative estimate of drug-likeness (QED) is 0.866. The molecule has 0 bridgehead atoms. The molecule has 112 valence electrons. The second-order valence-electron chi connectivity index (χ2n) is 5.98. The first-order valence-electron chi connectivity index (χ1n) is 7.62. The Morgan fingerprint density at radius 1 is 1.50 bits per heavy atom. The monoisotopic (exact) mass is 277 g/mol. The highest BCUT2D eigenvalue weighted by Crippen LogP contribution is 2.24. The van der Waals surface area contributed by atoms with Crippen LogP contribution in [0.15, 0.2) is 18.5 Å². The van der Waals surface area contributed by atoms with Crippen LogP contribution in [0.5, 0.6) is 0 Å². The molecule has 1 fully saturated rings. The van der Waals surface area contributed by atoms with Gasteiger partial charge in [0.1, 0.15) is 0 Å². The maximum absolute atomic E-state index is 5.52. The van der Waals surface area contributed by atoms with Crippen LogP contribution in [0.2, 0.25) is 0 Å². The molecule has 1 atom stereocenters. The molecule has 0 aromatic carbocycles. The van der Waals surface area contributed by atoms with Crippen molar-refractivity contribution < 1.29 is 4.74 Å². The summed E-state index contributed by atoms with van der Waals surface area (Å²) in [6.45, 7) is 8.47. The van der Waals surface area contributed by atoms with Gasteiger partial charge in [0.25, 0.3) is 0 Å². The number of hydrogen-bond acceptors (Lipinski definition) is 4. The Morgan fingerprint density at radius 3 is 3.10 bits per heavy atom. The topological polar surface area (TPSA) is 37.4 Å². The van der Waals surface area contributed by atoms with E-state index in [2.05, 4.69) is 35.1 Å². The number of aromatic nitrogens is 1. The maximum Gasteiger partial charge on any atom is 0.0746 e. The first-order chi connectivity index (χ1) is 9.70. The number of nitrogens with one attached hydrogen (secondary N) is 1. The fraction of sp³-hybridized carbons (Fsp3) is 0.688. The van der Waals surface area contributed by atoms with E-state index in [0.29, 0.717) is 12.0 Å². The van der Waals surface area contributed by atoms with Gasteiger partial charge in [-0.3, -0.25) is 4.98 Å². The normalized spacial score (nSPS) is 19.6. The van der Waals surface area contributed by atoms with Crippen LogP contribution in [-0.4, -0.2) is 37.8 Å². The Hall–Kier alpha value is -1.13. The van der Waals surface area contributed by atoms with Gasteiger partial charge in [-0.15, -0.1) is 0 Å². The molecule has 0 radical (unpaired) electrons. The Balaban J connectivity index is 2.03. The lowest BCUT2D eigenvalue weighted by Crippen LogP contribution is -2.40. The fourth-order valence-electron chi connectivity index (χ4n) is 2.71. The molecular formula is C16H27N3O. The minimum absolute atomic E-state index is 0.355. The predicted octanol–water partition coefficient (Wildman–Crippen LogP) is 2.44. The van der Waals surface area contributed by atoms with Crippen molar-refractivity contribution in [3.8, 4) is 0 Å². The van der Waals surface area contributed by atoms with E-state index in [-0.39, 0.29) is 0 Å². The second-order valence-corrected chi connectivity index (χ2v) is 5.98.